The summed E-state index contributed by atoms with van der Waals surface area (Å²) in [7, 11) is 0. The van der Waals surface area contributed by atoms with Gasteiger partial charge in [-0.25, -0.2) is 0 Å². The van der Waals surface area contributed by atoms with E-state index in [1.807, 2.05) is 0 Å². The summed E-state index contributed by atoms with van der Waals surface area (Å²) in [6.45, 7) is 3.40. The molecule has 2 fully saturated rings. The molecule has 2 nitrogen and oxygen atoms in total. The summed E-state index contributed by atoms with van der Waals surface area (Å²) in [4.78, 5) is 2.38. The lowest BCUT2D eigenvalue weighted by Gasteiger charge is -2.37. The summed E-state index contributed by atoms with van der Waals surface area (Å²) < 4.78 is 0. The number of likely N-dealkylation sites (tertiary alicyclic amines) is 1. The van der Waals surface area contributed by atoms with Gasteiger partial charge in [0.2, 0.25) is 0 Å². The van der Waals surface area contributed by atoms with Crippen molar-refractivity contribution in [2.24, 2.45) is 5.92 Å². The molecular formula is C11H20N2. The molecule has 0 aromatic rings. The third-order valence-corrected chi connectivity index (χ3v) is 3.37. The van der Waals surface area contributed by atoms with E-state index in [9.17, 15) is 0 Å². The van der Waals surface area contributed by atoms with Gasteiger partial charge in [-0.2, -0.15) is 0 Å². The molecule has 1 atom stereocenters. The normalized spacial score (nSPS) is 29.0. The van der Waals surface area contributed by atoms with Crippen LogP contribution in [0.4, 0.5) is 0 Å². The molecular weight excluding hydrogens is 160 g/mol. The van der Waals surface area contributed by atoms with E-state index in [2.05, 4.69) is 11.8 Å². The van der Waals surface area contributed by atoms with Crippen LogP contribution in [0.3, 0.4) is 0 Å². The molecule has 2 aliphatic rings. The first kappa shape index (κ1) is 9.04. The summed E-state index contributed by atoms with van der Waals surface area (Å²) in [6, 6.07) is 0.682. The number of hydrogen-bond acceptors (Lipinski definition) is 1. The number of piperidine rings is 1. The van der Waals surface area contributed by atoms with Gasteiger partial charge in [0.15, 0.2) is 0 Å². The first-order chi connectivity index (χ1) is 6.33. The van der Waals surface area contributed by atoms with Gasteiger partial charge < -0.3 is 4.90 Å². The van der Waals surface area contributed by atoms with Crippen molar-refractivity contribution in [1.29, 1.82) is 5.41 Å². The van der Waals surface area contributed by atoms with E-state index in [0.29, 0.717) is 12.0 Å². The zero-order chi connectivity index (χ0) is 9.26. The molecule has 0 amide bonds. The van der Waals surface area contributed by atoms with Gasteiger partial charge in [-0.15, -0.1) is 0 Å². The molecule has 0 spiro atoms. The Morgan fingerprint density at radius 3 is 2.69 bits per heavy atom. The Morgan fingerprint density at radius 2 is 2.08 bits per heavy atom. The summed E-state index contributed by atoms with van der Waals surface area (Å²) in [6.07, 6.45) is 7.73. The van der Waals surface area contributed by atoms with E-state index in [0.717, 1.165) is 12.4 Å². The molecule has 1 aliphatic carbocycles. The van der Waals surface area contributed by atoms with Gasteiger partial charge >= 0.3 is 0 Å². The van der Waals surface area contributed by atoms with Crippen molar-refractivity contribution in [2.75, 3.05) is 6.54 Å². The predicted octanol–water partition coefficient (Wildman–Crippen LogP) is 2.64. The molecule has 1 heterocycles. The molecule has 1 saturated heterocycles. The van der Waals surface area contributed by atoms with Crippen LogP contribution in [0.1, 0.15) is 45.4 Å². The zero-order valence-electron chi connectivity index (χ0n) is 8.55. The lowest BCUT2D eigenvalue weighted by atomic mass is 9.99. The summed E-state index contributed by atoms with van der Waals surface area (Å²) in [5.74, 6) is 1.58. The molecule has 2 heteroatoms. The third-order valence-electron chi connectivity index (χ3n) is 3.37. The van der Waals surface area contributed by atoms with Gasteiger partial charge in [-0.3, -0.25) is 5.41 Å². The highest BCUT2D eigenvalue weighted by Crippen LogP contribution is 2.33. The second-order valence-electron chi connectivity index (χ2n) is 4.41. The van der Waals surface area contributed by atoms with Crippen LogP contribution in [0.15, 0.2) is 0 Å². The van der Waals surface area contributed by atoms with Gasteiger partial charge in [-0.05, 0) is 38.5 Å². The van der Waals surface area contributed by atoms with Gasteiger partial charge in [0, 0.05) is 18.5 Å². The topological polar surface area (TPSA) is 27.1 Å². The minimum atomic E-state index is 0.632. The van der Waals surface area contributed by atoms with Gasteiger partial charge in [0.1, 0.15) is 0 Å². The van der Waals surface area contributed by atoms with E-state index in [1.54, 1.807) is 0 Å². The number of nitrogens with one attached hydrogen (secondary N) is 1. The Bertz CT molecular complexity index is 196. The molecule has 2 rings (SSSR count). The van der Waals surface area contributed by atoms with Crippen LogP contribution in [-0.4, -0.2) is 23.3 Å². The van der Waals surface area contributed by atoms with Crippen LogP contribution in [0.2, 0.25) is 0 Å². The fourth-order valence-corrected chi connectivity index (χ4v) is 2.33. The minimum Gasteiger partial charge on any atom is -0.357 e. The van der Waals surface area contributed by atoms with Gasteiger partial charge in [0.25, 0.3) is 0 Å². The fourth-order valence-electron chi connectivity index (χ4n) is 2.33. The monoisotopic (exact) mass is 180 g/mol. The summed E-state index contributed by atoms with van der Waals surface area (Å²) in [5.41, 5.74) is 0. The smallest absolute Gasteiger partial charge is 0.0992 e. The van der Waals surface area contributed by atoms with Gasteiger partial charge in [-0.1, -0.05) is 6.92 Å². The van der Waals surface area contributed by atoms with Gasteiger partial charge in [0.05, 0.1) is 5.84 Å². The van der Waals surface area contributed by atoms with E-state index in [-0.39, 0.29) is 0 Å². The standard InChI is InChI=1S/C11H20N2/c1-2-10-5-3-4-8-13(10)11(12)9-6-7-9/h9-10,12H,2-8H2,1H3. The highest BCUT2D eigenvalue weighted by atomic mass is 15.2. The third kappa shape index (κ3) is 1.87. The fraction of sp³-hybridized carbons (Fsp3) is 0.909. The highest BCUT2D eigenvalue weighted by Gasteiger charge is 2.33. The second kappa shape index (κ2) is 3.69. The maximum atomic E-state index is 8.06. The van der Waals surface area contributed by atoms with Crippen LogP contribution in [0.25, 0.3) is 0 Å². The molecule has 1 unspecified atom stereocenters. The molecule has 1 N–H and O–H groups in total. The first-order valence-corrected chi connectivity index (χ1v) is 5.68. The lowest BCUT2D eigenvalue weighted by molar-refractivity contribution is 0.229. The second-order valence-corrected chi connectivity index (χ2v) is 4.41. The molecule has 0 aromatic carbocycles. The molecule has 0 radical (unpaired) electrons. The Morgan fingerprint density at radius 1 is 1.31 bits per heavy atom. The van der Waals surface area contributed by atoms with Crippen LogP contribution in [0, 0.1) is 11.3 Å². The van der Waals surface area contributed by atoms with Crippen LogP contribution in [0.5, 0.6) is 0 Å². The zero-order valence-corrected chi connectivity index (χ0v) is 8.55. The number of rotatable bonds is 2. The van der Waals surface area contributed by atoms with Crippen molar-refractivity contribution >= 4 is 5.84 Å². The maximum Gasteiger partial charge on any atom is 0.0992 e. The molecule has 1 aliphatic heterocycles. The van der Waals surface area contributed by atoms with Crippen LogP contribution >= 0.6 is 0 Å². The Hall–Kier alpha value is -0.530. The number of hydrogen-bond donors (Lipinski definition) is 1. The molecule has 0 aromatic heterocycles. The Kier molecular flexibility index (Phi) is 2.56. The Labute approximate surface area is 80.8 Å². The largest absolute Gasteiger partial charge is 0.357 e. The minimum absolute atomic E-state index is 0.632. The summed E-state index contributed by atoms with van der Waals surface area (Å²) in [5, 5.41) is 8.06. The van der Waals surface area contributed by atoms with E-state index in [4.69, 9.17) is 5.41 Å². The van der Waals surface area contributed by atoms with E-state index >= 15 is 0 Å². The van der Waals surface area contributed by atoms with Crippen molar-refractivity contribution in [3.8, 4) is 0 Å². The average Bonchev–Trinajstić information content (AvgIpc) is 3.00. The van der Waals surface area contributed by atoms with Crippen molar-refractivity contribution in [3.63, 3.8) is 0 Å². The molecule has 74 valence electrons. The highest BCUT2D eigenvalue weighted by molar-refractivity contribution is 5.84. The molecule has 0 bridgehead atoms. The van der Waals surface area contributed by atoms with Crippen molar-refractivity contribution in [2.45, 2.75) is 51.5 Å². The SMILES string of the molecule is CCC1CCCCN1C(=N)C1CC1. The molecule has 1 saturated carbocycles. The van der Waals surface area contributed by atoms with Crippen LogP contribution in [-0.2, 0) is 0 Å². The van der Waals surface area contributed by atoms with Crippen LogP contribution < -0.4 is 0 Å². The number of nitrogens with zero attached hydrogens (tertiary/aromatic N) is 1. The average molecular weight is 180 g/mol. The van der Waals surface area contributed by atoms with E-state index in [1.165, 1.54) is 38.5 Å². The van der Waals surface area contributed by atoms with Crippen molar-refractivity contribution in [3.05, 3.63) is 0 Å². The number of amidine groups is 1. The van der Waals surface area contributed by atoms with Crippen molar-refractivity contribution in [1.82, 2.24) is 4.90 Å². The van der Waals surface area contributed by atoms with Crippen molar-refractivity contribution < 1.29 is 0 Å². The van der Waals surface area contributed by atoms with E-state index < -0.39 is 0 Å². The Balaban J connectivity index is 1.96. The lowest BCUT2D eigenvalue weighted by Crippen LogP contribution is -2.43. The molecule has 13 heavy (non-hydrogen) atoms. The predicted molar refractivity (Wildman–Crippen MR) is 55.1 cm³/mol. The quantitative estimate of drug-likeness (QED) is 0.513. The first-order valence-electron chi connectivity index (χ1n) is 5.68. The summed E-state index contributed by atoms with van der Waals surface area (Å²) >= 11 is 0. The maximum absolute atomic E-state index is 8.06.